The van der Waals surface area contributed by atoms with E-state index < -0.39 is 0 Å². The maximum absolute atomic E-state index is 12.0. The Morgan fingerprint density at radius 2 is 1.94 bits per heavy atom. The first-order valence-electron chi connectivity index (χ1n) is 11.0. The Labute approximate surface area is 190 Å². The molecule has 31 heavy (non-hydrogen) atoms. The summed E-state index contributed by atoms with van der Waals surface area (Å²) in [6.07, 6.45) is 19.9. The molecule has 0 radical (unpaired) electrons. The van der Waals surface area contributed by atoms with Crippen molar-refractivity contribution < 1.29 is 9.59 Å². The maximum atomic E-state index is 12.0. The molecule has 1 atom stereocenters. The van der Waals surface area contributed by atoms with Gasteiger partial charge >= 0.3 is 0 Å². The fourth-order valence-electron chi connectivity index (χ4n) is 2.66. The van der Waals surface area contributed by atoms with Gasteiger partial charge < -0.3 is 20.3 Å². The highest BCUT2D eigenvalue weighted by Crippen LogP contribution is 2.13. The van der Waals surface area contributed by atoms with Crippen LogP contribution in [-0.2, 0) is 9.59 Å². The van der Waals surface area contributed by atoms with Gasteiger partial charge in [0.05, 0.1) is 0 Å². The molecular weight excluding hydrogens is 386 g/mol. The Morgan fingerprint density at radius 3 is 2.48 bits per heavy atom. The van der Waals surface area contributed by atoms with E-state index in [2.05, 4.69) is 54.4 Å². The van der Waals surface area contributed by atoms with Crippen LogP contribution in [0.4, 0.5) is 0 Å². The van der Waals surface area contributed by atoms with Crippen LogP contribution in [0, 0.1) is 0 Å². The van der Waals surface area contributed by atoms with E-state index >= 15 is 0 Å². The summed E-state index contributed by atoms with van der Waals surface area (Å²) >= 11 is 0. The number of allylic oxidation sites excluding steroid dienone is 5. The summed E-state index contributed by atoms with van der Waals surface area (Å²) in [4.78, 5) is 23.0. The number of nitrogens with one attached hydrogen (secondary N) is 2. The van der Waals surface area contributed by atoms with Gasteiger partial charge in [0.15, 0.2) is 0 Å². The number of amides is 1. The molecule has 0 saturated carbocycles. The van der Waals surface area contributed by atoms with E-state index in [1.807, 2.05) is 51.3 Å². The molecule has 1 unspecified atom stereocenters. The van der Waals surface area contributed by atoms with Gasteiger partial charge in [0.25, 0.3) is 5.91 Å². The third kappa shape index (κ3) is 15.8. The standard InChI is InChI=1S/C22H33N3O.C2H4O.C2H6/c1-6-7-8-12-21(22(26)23-3)18(2)15-16-24-20-11-9-10-19(13-14-20)17-25(4)5;1-2-3;1-2/h6-7,10,12-16,20,24H,2,8-9,11,17H2,1,3-5H3,(H,23,26);2H,1H3;1-2H3/b7-6-,16-15+,21-12+;;. The molecule has 0 aromatic rings. The Balaban J connectivity index is 0. The van der Waals surface area contributed by atoms with Gasteiger partial charge in [-0.25, -0.2) is 0 Å². The highest BCUT2D eigenvalue weighted by Gasteiger charge is 2.09. The molecule has 1 aliphatic rings. The Hall–Kier alpha value is -2.66. The number of hydrogen-bond donors (Lipinski definition) is 2. The minimum Gasteiger partial charge on any atom is -0.385 e. The molecule has 1 aliphatic carbocycles. The van der Waals surface area contributed by atoms with E-state index in [4.69, 9.17) is 4.79 Å². The smallest absolute Gasteiger partial charge is 0.251 e. The van der Waals surface area contributed by atoms with Crippen molar-refractivity contribution in [2.24, 2.45) is 0 Å². The SMILES string of the molecule is C=C(/C=C/NC1C=CC(CN(C)C)=CCC1)/C(=C\C/C=C\C)C(=O)NC.CC.CC=O. The minimum atomic E-state index is -0.115. The van der Waals surface area contributed by atoms with Crippen LogP contribution in [0.25, 0.3) is 0 Å². The zero-order valence-corrected chi connectivity index (χ0v) is 20.6. The highest BCUT2D eigenvalue weighted by atomic mass is 16.1. The summed E-state index contributed by atoms with van der Waals surface area (Å²) in [6.45, 7) is 12.4. The van der Waals surface area contributed by atoms with Gasteiger partial charge in [-0.15, -0.1) is 0 Å². The molecule has 5 heteroatoms. The topological polar surface area (TPSA) is 61.4 Å². The van der Waals surface area contributed by atoms with E-state index in [0.29, 0.717) is 17.6 Å². The first-order valence-corrected chi connectivity index (χ1v) is 11.0. The average molecular weight is 430 g/mol. The zero-order chi connectivity index (χ0) is 24.1. The van der Waals surface area contributed by atoms with Crippen molar-refractivity contribution >= 4 is 12.2 Å². The molecule has 0 bridgehead atoms. The number of carbonyl (C=O) groups is 2. The fraction of sp³-hybridized carbons (Fsp3) is 0.462. The summed E-state index contributed by atoms with van der Waals surface area (Å²) in [7, 11) is 5.80. The molecule has 0 saturated heterocycles. The molecular formula is C26H43N3O2. The largest absolute Gasteiger partial charge is 0.385 e. The Kier molecular flexibility index (Phi) is 20.3. The van der Waals surface area contributed by atoms with Crippen LogP contribution in [0.2, 0.25) is 0 Å². The molecule has 1 amide bonds. The summed E-state index contributed by atoms with van der Waals surface area (Å²) in [5.41, 5.74) is 2.65. The first-order chi connectivity index (χ1) is 14.9. The zero-order valence-electron chi connectivity index (χ0n) is 20.6. The van der Waals surface area contributed by atoms with Crippen LogP contribution in [0.1, 0.15) is 47.0 Å². The van der Waals surface area contributed by atoms with Crippen molar-refractivity contribution in [1.29, 1.82) is 0 Å². The number of aldehydes is 1. The number of rotatable bonds is 9. The van der Waals surface area contributed by atoms with Crippen molar-refractivity contribution in [3.8, 4) is 0 Å². The van der Waals surface area contributed by atoms with Crippen LogP contribution < -0.4 is 10.6 Å². The van der Waals surface area contributed by atoms with E-state index in [0.717, 1.165) is 25.7 Å². The van der Waals surface area contributed by atoms with E-state index in [1.54, 1.807) is 7.05 Å². The second-order valence-corrected chi connectivity index (χ2v) is 6.82. The number of hydrogen-bond acceptors (Lipinski definition) is 4. The summed E-state index contributed by atoms with van der Waals surface area (Å²) < 4.78 is 0. The van der Waals surface area contributed by atoms with Crippen LogP contribution in [0.5, 0.6) is 0 Å². The number of nitrogens with zero attached hydrogens (tertiary/aromatic N) is 1. The lowest BCUT2D eigenvalue weighted by Gasteiger charge is -2.11. The van der Waals surface area contributed by atoms with Gasteiger partial charge in [-0.2, -0.15) is 0 Å². The normalized spacial score (nSPS) is 15.9. The summed E-state index contributed by atoms with van der Waals surface area (Å²) in [5, 5.41) is 6.07. The predicted molar refractivity (Wildman–Crippen MR) is 135 cm³/mol. The van der Waals surface area contributed by atoms with Crippen molar-refractivity contribution in [1.82, 2.24) is 15.5 Å². The molecule has 174 valence electrons. The fourth-order valence-corrected chi connectivity index (χ4v) is 2.66. The maximum Gasteiger partial charge on any atom is 0.251 e. The lowest BCUT2D eigenvalue weighted by molar-refractivity contribution is -0.116. The minimum absolute atomic E-state index is 0.115. The summed E-state index contributed by atoms with van der Waals surface area (Å²) in [5.74, 6) is -0.115. The van der Waals surface area contributed by atoms with Gasteiger partial charge in [-0.3, -0.25) is 4.79 Å². The average Bonchev–Trinajstić information content (AvgIpc) is 2.97. The number of likely N-dealkylation sites (N-methyl/N-ethyl adjacent to an activating group) is 2. The quantitative estimate of drug-likeness (QED) is 0.241. The van der Waals surface area contributed by atoms with Gasteiger partial charge in [0.1, 0.15) is 6.29 Å². The van der Waals surface area contributed by atoms with Gasteiger partial charge in [-0.1, -0.05) is 56.9 Å². The molecule has 0 aromatic carbocycles. The Morgan fingerprint density at radius 1 is 1.29 bits per heavy atom. The molecule has 5 nitrogen and oxygen atoms in total. The van der Waals surface area contributed by atoms with Crippen molar-refractivity contribution in [2.75, 3.05) is 27.7 Å². The second-order valence-electron chi connectivity index (χ2n) is 6.82. The summed E-state index contributed by atoms with van der Waals surface area (Å²) in [6, 6.07) is 0.283. The molecule has 0 aromatic heterocycles. The molecule has 2 N–H and O–H groups in total. The molecule has 0 spiro atoms. The van der Waals surface area contributed by atoms with Crippen LogP contribution in [0.3, 0.4) is 0 Å². The number of carbonyl (C=O) groups excluding carboxylic acids is 2. The lowest BCUT2D eigenvalue weighted by Crippen LogP contribution is -2.22. The third-order valence-electron chi connectivity index (χ3n) is 4.03. The van der Waals surface area contributed by atoms with E-state index in [9.17, 15) is 4.79 Å². The Bertz CT molecular complexity index is 668. The molecule has 0 fully saturated rings. The third-order valence-corrected chi connectivity index (χ3v) is 4.03. The van der Waals surface area contributed by atoms with Crippen LogP contribution in [-0.4, -0.2) is 50.8 Å². The van der Waals surface area contributed by atoms with Gasteiger partial charge in [0, 0.05) is 25.2 Å². The molecule has 1 rings (SSSR count). The van der Waals surface area contributed by atoms with Crippen LogP contribution >= 0.6 is 0 Å². The van der Waals surface area contributed by atoms with Crippen molar-refractivity contribution in [3.05, 3.63) is 72.0 Å². The van der Waals surface area contributed by atoms with Crippen LogP contribution in [0.15, 0.2) is 72.0 Å². The lowest BCUT2D eigenvalue weighted by atomic mass is 10.1. The van der Waals surface area contributed by atoms with E-state index in [1.165, 1.54) is 12.5 Å². The van der Waals surface area contributed by atoms with Crippen molar-refractivity contribution in [2.45, 2.75) is 53.0 Å². The second kappa shape index (κ2) is 20.6. The van der Waals surface area contributed by atoms with E-state index in [-0.39, 0.29) is 11.9 Å². The molecule has 0 aliphatic heterocycles. The molecule has 0 heterocycles. The highest BCUT2D eigenvalue weighted by molar-refractivity contribution is 5.98. The van der Waals surface area contributed by atoms with Crippen molar-refractivity contribution in [3.63, 3.8) is 0 Å². The van der Waals surface area contributed by atoms with Gasteiger partial charge in [-0.05, 0) is 70.6 Å². The predicted octanol–water partition coefficient (Wildman–Crippen LogP) is 4.72. The first kappa shape index (κ1) is 30.5. The monoisotopic (exact) mass is 429 g/mol. The van der Waals surface area contributed by atoms with Gasteiger partial charge in [0.2, 0.25) is 0 Å².